The van der Waals surface area contributed by atoms with E-state index in [-0.39, 0.29) is 0 Å². The van der Waals surface area contributed by atoms with Crippen molar-refractivity contribution >= 4 is 0 Å². The third kappa shape index (κ3) is 31.9. The van der Waals surface area contributed by atoms with Crippen molar-refractivity contribution in [2.24, 2.45) is 0 Å². The quantitative estimate of drug-likeness (QED) is 0.0280. The van der Waals surface area contributed by atoms with Gasteiger partial charge in [-0.1, -0.05) is 151 Å². The van der Waals surface area contributed by atoms with Gasteiger partial charge in [0.05, 0.1) is 92.2 Å². The van der Waals surface area contributed by atoms with E-state index in [2.05, 4.69) is 0 Å². The van der Waals surface area contributed by atoms with Crippen LogP contribution in [0.2, 0.25) is 0 Å². The molecule has 0 amide bonds. The summed E-state index contributed by atoms with van der Waals surface area (Å²) in [5.74, 6) is -6.25. The summed E-state index contributed by atoms with van der Waals surface area (Å²) in [7, 11) is 0. The maximum atomic E-state index is 13.3. The molecular formula is C85H90F15N5O5. The van der Waals surface area contributed by atoms with Crippen LogP contribution in [-0.4, -0.2) is 67.5 Å². The summed E-state index contributed by atoms with van der Waals surface area (Å²) in [5, 5.41) is 8.56. The Labute approximate surface area is 733 Å². The van der Waals surface area contributed by atoms with E-state index in [0.717, 1.165) is 0 Å². The molecule has 0 fully saturated rings. The van der Waals surface area contributed by atoms with Crippen molar-refractivity contribution < 1.29 is 188 Å². The van der Waals surface area contributed by atoms with E-state index in [1.54, 1.807) is 10.6 Å². The lowest BCUT2D eigenvalue weighted by atomic mass is 10.1. The number of hydrogen-bond donors (Lipinski definition) is 5. The number of rotatable bonds is 30. The molecule has 0 radical (unpaired) electrons. The molecule has 0 spiro atoms. The number of ether oxygens (including phenoxy) is 5. The van der Waals surface area contributed by atoms with Crippen LogP contribution in [0.4, 0.5) is 65.9 Å². The van der Waals surface area contributed by atoms with Crippen molar-refractivity contribution in [3.05, 3.63) is 328 Å². The molecule has 110 heavy (non-hydrogen) atoms. The number of alkyl halides is 15. The normalized spacial score (nSPS) is 24.1. The van der Waals surface area contributed by atoms with Gasteiger partial charge >= 0.3 is 30.9 Å². The highest BCUT2D eigenvalue weighted by Gasteiger charge is 2.34. The third-order valence-electron chi connectivity index (χ3n) is 11.3. The first-order valence-corrected chi connectivity index (χ1v) is 28.8. The molecule has 0 saturated carbocycles. The van der Waals surface area contributed by atoms with Crippen molar-refractivity contribution in [2.75, 3.05) is 67.5 Å². The van der Waals surface area contributed by atoms with E-state index in [9.17, 15) is 65.9 Å². The first kappa shape index (κ1) is 31.3. The summed E-state index contributed by atoms with van der Waals surface area (Å²) in [6, 6.07) is -54.6. The fourth-order valence-electron chi connectivity index (χ4n) is 6.71. The van der Waals surface area contributed by atoms with E-state index >= 15 is 0 Å². The molecule has 25 heteroatoms. The molecule has 590 valence electrons. The SMILES string of the molecule is [2H]c1c([2H])c([2H])c(C(CC([2H])([2H])NC([2H])([2H])[2H])Oc2c([2H])c([2H])c(C(F)(F)F)c([2H])c2[2H])c([2H])c1[2H].[2H]c1c([2H])c([2H])c(C(Oc2c([2H])c([2H])c(C(F)(F)F)c([2H])c2[2H])C([2H])([2H])C([2H])([2H])NC([2H])([2H])[2H])c([2H])c1[2H].[2H]c1c([2H])c([2H])c(C(Oc2c([2H])c([2H])c(C(F)(F)F)c([2H])c2[2H])C([2H])([2H])CNC([2H])([2H])[2H])c([2H])c1[2H].[2H]c1c([2H])c([2H])c(C([2H])(CCNC([2H])([2H])[2H])Oc2c([2H])c([2H])c(C(F)(F)F)c([2H])c2[2H])c([2H])c1[2H].[2H]c1c([2H])c([2H])c(C([2H])(Oc2c([2H])c([2H])c(C(F)(F)F)c([2H])c2[2H])C([2H])([2H])CNC([2H])([2H])[2H])c([2H])c1[2H]. The van der Waals surface area contributed by atoms with E-state index in [1.807, 2.05) is 10.6 Å². The smallest absolute Gasteiger partial charge is 0.416 e. The molecule has 10 aromatic rings. The molecule has 5 N–H and O–H groups in total. The second-order valence-corrected chi connectivity index (χ2v) is 18.8. The molecule has 0 saturated heterocycles. The van der Waals surface area contributed by atoms with Crippen LogP contribution in [0.25, 0.3) is 0 Å². The summed E-state index contributed by atoms with van der Waals surface area (Å²) in [4.78, 5) is 0. The van der Waals surface area contributed by atoms with Crippen molar-refractivity contribution in [3.63, 3.8) is 0 Å². The molecule has 0 aromatic heterocycles. The van der Waals surface area contributed by atoms with Crippen molar-refractivity contribution in [1.82, 2.24) is 26.6 Å². The zero-order chi connectivity index (χ0) is 142. The highest BCUT2D eigenvalue weighted by atomic mass is 19.4. The first-order chi connectivity index (χ1) is 81.3. The van der Waals surface area contributed by atoms with Crippen LogP contribution >= 0.6 is 0 Å². The molecule has 5 unspecified atom stereocenters. The van der Waals surface area contributed by atoms with Gasteiger partial charge in [-0.05, 0) is 216 Å². The van der Waals surface area contributed by atoms with E-state index in [4.69, 9.17) is 122 Å². The van der Waals surface area contributed by atoms with Crippen LogP contribution in [0.1, 0.15) is 217 Å². The Bertz CT molecular complexity index is 7870. The zero-order valence-corrected chi connectivity index (χ0v) is 54.0. The molecule has 0 aliphatic carbocycles. The molecule has 0 aliphatic heterocycles. The lowest BCUT2D eigenvalue weighted by Gasteiger charge is -2.20. The third-order valence-corrected chi connectivity index (χ3v) is 11.3. The number of halogens is 15. The van der Waals surface area contributed by atoms with Crippen LogP contribution in [0, 0.1) is 0 Å². The summed E-state index contributed by atoms with van der Waals surface area (Å²) in [6.07, 6.45) is -52.2. The fraction of sp³-hybridized carbons (Fsp3) is 0.294. The monoisotopic (exact) mass is 1620 g/mol. The van der Waals surface area contributed by atoms with Crippen LogP contribution in [0.5, 0.6) is 28.7 Å². The highest BCUT2D eigenvalue weighted by Crippen LogP contribution is 2.38. The van der Waals surface area contributed by atoms with E-state index < -0.39 is 517 Å². The predicted octanol–water partition coefficient (Wildman–Crippen LogP) is 22.2. The molecule has 10 rings (SSSR count). The topological polar surface area (TPSA) is 106 Å². The Balaban J connectivity index is 0.000000343. The molecule has 0 heterocycles. The average Bonchev–Trinajstić information content (AvgIpc) is 0.718. The Morgan fingerprint density at radius 3 is 0.855 bits per heavy atom. The molecule has 5 atom stereocenters. The van der Waals surface area contributed by atoms with Crippen molar-refractivity contribution in [2.45, 2.75) is 93.3 Å². The van der Waals surface area contributed by atoms with Gasteiger partial charge in [-0.3, -0.25) is 0 Å². The Kier molecular flexibility index (Phi) is 12.8. The van der Waals surface area contributed by atoms with Gasteiger partial charge in [-0.2, -0.15) is 65.9 Å². The van der Waals surface area contributed by atoms with E-state index in [1.165, 1.54) is 5.32 Å². The molecular weight excluding hydrogens is 1460 g/mol. The van der Waals surface area contributed by atoms with Crippen molar-refractivity contribution in [1.29, 1.82) is 0 Å². The van der Waals surface area contributed by atoms with E-state index in [0.29, 0.717) is 0 Å². The van der Waals surface area contributed by atoms with Gasteiger partial charge < -0.3 is 50.3 Å². The van der Waals surface area contributed by atoms with Gasteiger partial charge in [0.1, 0.15) is 59.2 Å². The lowest BCUT2D eigenvalue weighted by Crippen LogP contribution is -2.16. The van der Waals surface area contributed by atoms with Gasteiger partial charge in [-0.25, -0.2) is 0 Å². The Morgan fingerprint density at radius 2 is 0.527 bits per heavy atom. The van der Waals surface area contributed by atoms with Crippen LogP contribution < -0.4 is 50.3 Å². The molecule has 10 aromatic carbocycles. The summed E-state index contributed by atoms with van der Waals surface area (Å²) >= 11 is 0. The minimum absolute atomic E-state index is 0.592. The van der Waals surface area contributed by atoms with Gasteiger partial charge in [0.25, 0.3) is 0 Å². The van der Waals surface area contributed by atoms with Crippen LogP contribution in [0.3, 0.4) is 0 Å². The highest BCUT2D eigenvalue weighted by molar-refractivity contribution is 5.35. The lowest BCUT2D eigenvalue weighted by molar-refractivity contribution is -0.138. The van der Waals surface area contributed by atoms with Crippen LogP contribution in [-0.2, 0) is 30.9 Å². The number of hydrogen-bond acceptors (Lipinski definition) is 10. The zero-order valence-electron chi connectivity index (χ0n) is 126. The van der Waals surface area contributed by atoms with Gasteiger partial charge in [0.2, 0.25) is 0 Å². The largest absolute Gasteiger partial charge is 0.486 e. The molecule has 10 nitrogen and oxygen atoms in total. The Morgan fingerprint density at radius 1 is 0.273 bits per heavy atom. The number of nitrogens with one attached hydrogen (secondary N) is 5. The second kappa shape index (κ2) is 45.2. The first-order valence-electron chi connectivity index (χ1n) is 64.8. The molecule has 0 aliphatic rings. The standard InChI is InChI=1S/5C17H18F3NO/c5*1-21-12-11-16(13-5-3-2-4-6-13)22-15-9-7-14(8-10-15)17(18,19)20/h5*2-10,16,21H,11-12H2,1H3/i1D3,2D,3D,4D,5D,6D,7D,8D,9D,10D,11D2,16D;1D3,2D,3D,4D,5D,6D,7D,8D,9D,10D,11D2,12D2;1D3,2D,3D,4D,5D,6D,7D,8D,9D,10D,16D;1D3,2D,3D,4D,5D,6D,7D,8D,9D,10D,12D2;1D3,2D,3D,4D,5D,6D,7D,8D,9D,10D,11D2. The maximum Gasteiger partial charge on any atom is 0.416 e. The van der Waals surface area contributed by atoms with Gasteiger partial charge in [0, 0.05) is 66.2 Å². The predicted molar refractivity (Wildman–Crippen MR) is 399 cm³/mol. The summed E-state index contributed by atoms with van der Waals surface area (Å²) in [5.41, 5.74) is -14.5. The summed E-state index contributed by atoms with van der Waals surface area (Å²) in [6.45, 7) is -24.6. The van der Waals surface area contributed by atoms with Crippen molar-refractivity contribution in [3.8, 4) is 28.7 Å². The summed E-state index contributed by atoms with van der Waals surface area (Å²) < 4.78 is 786. The van der Waals surface area contributed by atoms with Gasteiger partial charge in [0.15, 0.2) is 0 Å². The molecule has 0 bridgehead atoms. The number of benzene rings is 10. The maximum absolute atomic E-state index is 13.3. The fourth-order valence-corrected chi connectivity index (χ4v) is 6.71. The minimum Gasteiger partial charge on any atom is -0.486 e. The minimum atomic E-state index is -5.36. The van der Waals surface area contributed by atoms with Crippen LogP contribution in [0.15, 0.2) is 272 Å². The van der Waals surface area contributed by atoms with Gasteiger partial charge in [-0.15, -0.1) is 0 Å². The second-order valence-electron chi connectivity index (χ2n) is 18.8. The average molecular weight is 1620 g/mol. The Hall–Kier alpha value is -10.1.